The van der Waals surface area contributed by atoms with E-state index in [9.17, 15) is 0 Å². The van der Waals surface area contributed by atoms with Gasteiger partial charge in [-0.05, 0) is 48.2 Å². The molecule has 10 heteroatoms. The number of ether oxygens (including phenoxy) is 1. The molecule has 1 fully saturated rings. The van der Waals surface area contributed by atoms with Gasteiger partial charge in [0.15, 0.2) is 11.0 Å². The molecule has 1 aliphatic heterocycles. The number of piperidine rings is 1. The van der Waals surface area contributed by atoms with E-state index in [-0.39, 0.29) is 0 Å². The van der Waals surface area contributed by atoms with Crippen molar-refractivity contribution in [1.82, 2.24) is 35.0 Å². The molecule has 0 bridgehead atoms. The highest BCUT2D eigenvalue weighted by molar-refractivity contribution is 7.98. The molecule has 0 spiro atoms. The molecule has 0 amide bonds. The molecule has 2 aromatic heterocycles. The first-order valence-electron chi connectivity index (χ1n) is 10.5. The lowest BCUT2D eigenvalue weighted by Gasteiger charge is -2.28. The lowest BCUT2D eigenvalue weighted by molar-refractivity contribution is 0.412. The highest BCUT2D eigenvalue weighted by Gasteiger charge is 2.23. The lowest BCUT2D eigenvalue weighted by Crippen LogP contribution is -2.31. The van der Waals surface area contributed by atoms with Crippen LogP contribution in [0.4, 0.5) is 5.95 Å². The smallest absolute Gasteiger partial charge is 0.232 e. The van der Waals surface area contributed by atoms with E-state index < -0.39 is 0 Å². The van der Waals surface area contributed by atoms with Crippen LogP contribution in [0.3, 0.4) is 0 Å². The van der Waals surface area contributed by atoms with Gasteiger partial charge in [-0.2, -0.15) is 0 Å². The molecule has 0 unspecified atom stereocenters. The molecule has 0 saturated carbocycles. The Morgan fingerprint density at radius 3 is 2.70 bits per heavy atom. The SMILES string of the molecule is CCCCn1nnnc1CSc1nnc(N2CCCCC2)n1-c1ccccc1OC. The number of methoxy groups -OCH3 is 1. The minimum absolute atomic E-state index is 0.629. The predicted molar refractivity (Wildman–Crippen MR) is 116 cm³/mol. The second-order valence-electron chi connectivity index (χ2n) is 7.30. The molecule has 9 nitrogen and oxygen atoms in total. The van der Waals surface area contributed by atoms with Gasteiger partial charge in [0.1, 0.15) is 5.75 Å². The Morgan fingerprint density at radius 1 is 1.07 bits per heavy atom. The van der Waals surface area contributed by atoms with Crippen molar-refractivity contribution in [3.63, 3.8) is 0 Å². The summed E-state index contributed by atoms with van der Waals surface area (Å²) in [6, 6.07) is 8.00. The van der Waals surface area contributed by atoms with Crippen molar-refractivity contribution < 1.29 is 4.74 Å². The summed E-state index contributed by atoms with van der Waals surface area (Å²) in [5.74, 6) is 3.14. The first-order chi connectivity index (χ1) is 14.8. The van der Waals surface area contributed by atoms with Gasteiger partial charge in [-0.25, -0.2) is 4.68 Å². The maximum atomic E-state index is 5.64. The van der Waals surface area contributed by atoms with E-state index >= 15 is 0 Å². The number of para-hydroxylation sites is 2. The second-order valence-corrected chi connectivity index (χ2v) is 8.24. The third kappa shape index (κ3) is 4.43. The van der Waals surface area contributed by atoms with Crippen LogP contribution in [-0.2, 0) is 12.3 Å². The van der Waals surface area contributed by atoms with Gasteiger partial charge in [0.25, 0.3) is 0 Å². The molecule has 1 saturated heterocycles. The maximum absolute atomic E-state index is 5.64. The molecule has 0 aliphatic carbocycles. The summed E-state index contributed by atoms with van der Waals surface area (Å²) in [5, 5.41) is 22.1. The number of unbranched alkanes of at least 4 members (excludes halogenated alkanes) is 1. The van der Waals surface area contributed by atoms with E-state index in [1.165, 1.54) is 19.3 Å². The molecule has 1 aromatic carbocycles. The van der Waals surface area contributed by atoms with E-state index in [1.807, 2.05) is 28.9 Å². The molecular weight excluding hydrogens is 400 g/mol. The molecule has 1 aliphatic rings. The number of benzene rings is 1. The summed E-state index contributed by atoms with van der Waals surface area (Å²) in [6.07, 6.45) is 5.77. The van der Waals surface area contributed by atoms with Crippen LogP contribution >= 0.6 is 11.8 Å². The zero-order chi connectivity index (χ0) is 20.8. The Kier molecular flexibility index (Phi) is 6.83. The number of aryl methyl sites for hydroxylation is 1. The van der Waals surface area contributed by atoms with Gasteiger partial charge in [-0.1, -0.05) is 37.2 Å². The highest BCUT2D eigenvalue weighted by Crippen LogP contribution is 2.33. The first-order valence-corrected chi connectivity index (χ1v) is 11.5. The summed E-state index contributed by atoms with van der Waals surface area (Å²) >= 11 is 1.60. The highest BCUT2D eigenvalue weighted by atomic mass is 32.2. The fourth-order valence-electron chi connectivity index (χ4n) is 3.62. The topological polar surface area (TPSA) is 86.8 Å². The molecule has 3 aromatic rings. The summed E-state index contributed by atoms with van der Waals surface area (Å²) in [6.45, 7) is 4.98. The van der Waals surface area contributed by atoms with Crippen LogP contribution in [0.25, 0.3) is 5.69 Å². The van der Waals surface area contributed by atoms with E-state index in [4.69, 9.17) is 4.74 Å². The summed E-state index contributed by atoms with van der Waals surface area (Å²) in [5.41, 5.74) is 0.943. The van der Waals surface area contributed by atoms with Crippen LogP contribution in [0.2, 0.25) is 0 Å². The van der Waals surface area contributed by atoms with E-state index in [0.29, 0.717) is 5.75 Å². The maximum Gasteiger partial charge on any atom is 0.232 e. The van der Waals surface area contributed by atoms with Gasteiger partial charge in [0.05, 0.1) is 18.6 Å². The van der Waals surface area contributed by atoms with Crippen LogP contribution in [0.1, 0.15) is 44.9 Å². The lowest BCUT2D eigenvalue weighted by atomic mass is 10.1. The number of hydrogen-bond donors (Lipinski definition) is 0. The first kappa shape index (κ1) is 20.6. The normalized spacial score (nSPS) is 14.3. The minimum Gasteiger partial charge on any atom is -0.495 e. The van der Waals surface area contributed by atoms with E-state index in [2.05, 4.69) is 42.1 Å². The van der Waals surface area contributed by atoms with Gasteiger partial charge in [-0.3, -0.25) is 4.57 Å². The number of aromatic nitrogens is 7. The van der Waals surface area contributed by atoms with Crippen molar-refractivity contribution in [3.8, 4) is 11.4 Å². The number of anilines is 1. The van der Waals surface area contributed by atoms with Crippen LogP contribution in [0.5, 0.6) is 5.75 Å². The number of nitrogens with zero attached hydrogens (tertiary/aromatic N) is 8. The minimum atomic E-state index is 0.629. The van der Waals surface area contributed by atoms with Crippen molar-refractivity contribution in [1.29, 1.82) is 0 Å². The van der Waals surface area contributed by atoms with E-state index in [0.717, 1.165) is 60.8 Å². The van der Waals surface area contributed by atoms with Gasteiger partial charge in [0, 0.05) is 19.6 Å². The van der Waals surface area contributed by atoms with Crippen LogP contribution in [0, 0.1) is 0 Å². The Hall–Kier alpha value is -2.62. The molecule has 4 rings (SSSR count). The predicted octanol–water partition coefficient (Wildman–Crippen LogP) is 3.35. The zero-order valence-electron chi connectivity index (χ0n) is 17.6. The Bertz CT molecular complexity index is 950. The van der Waals surface area contributed by atoms with E-state index in [1.54, 1.807) is 18.9 Å². The van der Waals surface area contributed by atoms with Crippen molar-refractivity contribution in [3.05, 3.63) is 30.1 Å². The molecular formula is C20H28N8OS. The molecule has 3 heterocycles. The van der Waals surface area contributed by atoms with Crippen molar-refractivity contribution >= 4 is 17.7 Å². The summed E-state index contributed by atoms with van der Waals surface area (Å²) in [4.78, 5) is 2.32. The molecule has 0 radical (unpaired) electrons. The molecule has 160 valence electrons. The fourth-order valence-corrected chi connectivity index (χ4v) is 4.49. The number of rotatable bonds is 9. The van der Waals surface area contributed by atoms with Gasteiger partial charge in [-0.15, -0.1) is 15.3 Å². The standard InChI is InChI=1S/C20H28N8OS/c1-3-4-14-27-18(21-24-25-27)15-30-20-23-22-19(26-12-8-5-9-13-26)28(20)16-10-6-7-11-17(16)29-2/h6-7,10-11H,3-5,8-9,12-15H2,1-2H3. The number of tetrazole rings is 1. The largest absolute Gasteiger partial charge is 0.495 e. The van der Waals surface area contributed by atoms with Gasteiger partial charge in [0.2, 0.25) is 5.95 Å². The number of hydrogen-bond acceptors (Lipinski definition) is 8. The monoisotopic (exact) mass is 428 g/mol. The van der Waals surface area contributed by atoms with Crippen LogP contribution < -0.4 is 9.64 Å². The average molecular weight is 429 g/mol. The fraction of sp³-hybridized carbons (Fsp3) is 0.550. The summed E-state index contributed by atoms with van der Waals surface area (Å²) < 4.78 is 9.63. The van der Waals surface area contributed by atoms with Crippen molar-refractivity contribution in [2.75, 3.05) is 25.1 Å². The summed E-state index contributed by atoms with van der Waals surface area (Å²) in [7, 11) is 1.69. The number of thioether (sulfide) groups is 1. The average Bonchev–Trinajstić information content (AvgIpc) is 3.43. The third-order valence-corrected chi connectivity index (χ3v) is 6.17. The molecule has 0 N–H and O–H groups in total. The van der Waals surface area contributed by atoms with Gasteiger partial charge < -0.3 is 9.64 Å². The Morgan fingerprint density at radius 2 is 1.90 bits per heavy atom. The van der Waals surface area contributed by atoms with Crippen molar-refractivity contribution in [2.45, 2.75) is 56.5 Å². The molecule has 0 atom stereocenters. The third-order valence-electron chi connectivity index (χ3n) is 5.24. The van der Waals surface area contributed by atoms with Crippen LogP contribution in [-0.4, -0.2) is 55.2 Å². The quantitative estimate of drug-likeness (QED) is 0.480. The zero-order valence-corrected chi connectivity index (χ0v) is 18.4. The van der Waals surface area contributed by atoms with Crippen molar-refractivity contribution in [2.24, 2.45) is 0 Å². The second kappa shape index (κ2) is 9.92. The Balaban J connectivity index is 1.64. The molecule has 30 heavy (non-hydrogen) atoms. The van der Waals surface area contributed by atoms with Crippen LogP contribution in [0.15, 0.2) is 29.4 Å². The Labute approximate surface area is 180 Å². The van der Waals surface area contributed by atoms with Gasteiger partial charge >= 0.3 is 0 Å².